The number of likely N-dealkylation sites (N-methyl/N-ethyl adjacent to an activating group) is 1. The van der Waals surface area contributed by atoms with Crippen molar-refractivity contribution in [3.63, 3.8) is 0 Å². The molecule has 0 spiro atoms. The van der Waals surface area contributed by atoms with Gasteiger partial charge in [0.25, 0.3) is 0 Å². The lowest BCUT2D eigenvalue weighted by atomic mass is 10.1. The average molecular weight is 257 g/mol. The van der Waals surface area contributed by atoms with Crippen molar-refractivity contribution in [2.45, 2.75) is 25.9 Å². The lowest BCUT2D eigenvalue weighted by Crippen LogP contribution is -2.32. The van der Waals surface area contributed by atoms with E-state index < -0.39 is 0 Å². The number of hydrogen-bond donors (Lipinski definition) is 2. The Balaban J connectivity index is 2.97. The third-order valence-corrected chi connectivity index (χ3v) is 3.51. The SMILES string of the molecule is CNC(C)c1ccc(N(C)C(C)CO)c(Cl)c1. The third kappa shape index (κ3) is 3.35. The molecule has 96 valence electrons. The zero-order valence-electron chi connectivity index (χ0n) is 10.9. The summed E-state index contributed by atoms with van der Waals surface area (Å²) in [7, 11) is 3.86. The summed E-state index contributed by atoms with van der Waals surface area (Å²) in [6.45, 7) is 4.16. The van der Waals surface area contributed by atoms with Crippen LogP contribution in [0.25, 0.3) is 0 Å². The molecule has 17 heavy (non-hydrogen) atoms. The van der Waals surface area contributed by atoms with Gasteiger partial charge in [-0.3, -0.25) is 0 Å². The Morgan fingerprint density at radius 2 is 2.06 bits per heavy atom. The van der Waals surface area contributed by atoms with Gasteiger partial charge in [0.2, 0.25) is 0 Å². The van der Waals surface area contributed by atoms with Gasteiger partial charge in [0.1, 0.15) is 0 Å². The van der Waals surface area contributed by atoms with Crippen LogP contribution in [0.1, 0.15) is 25.5 Å². The molecule has 0 fully saturated rings. The Kier molecular flexibility index (Phi) is 5.25. The minimum absolute atomic E-state index is 0.0556. The molecule has 1 rings (SSSR count). The number of halogens is 1. The van der Waals surface area contributed by atoms with E-state index in [1.165, 1.54) is 0 Å². The smallest absolute Gasteiger partial charge is 0.0642 e. The van der Waals surface area contributed by atoms with E-state index in [1.54, 1.807) is 0 Å². The predicted molar refractivity (Wildman–Crippen MR) is 73.9 cm³/mol. The van der Waals surface area contributed by atoms with Gasteiger partial charge in [0, 0.05) is 19.1 Å². The fourth-order valence-electron chi connectivity index (χ4n) is 1.61. The normalized spacial score (nSPS) is 14.5. The first-order valence-corrected chi connectivity index (χ1v) is 6.19. The first kappa shape index (κ1) is 14.3. The van der Waals surface area contributed by atoms with E-state index in [0.717, 1.165) is 11.3 Å². The summed E-state index contributed by atoms with van der Waals surface area (Å²) in [5.74, 6) is 0. The van der Waals surface area contributed by atoms with Crippen molar-refractivity contribution in [2.24, 2.45) is 0 Å². The first-order chi connectivity index (χ1) is 8.01. The van der Waals surface area contributed by atoms with Crippen molar-refractivity contribution in [3.05, 3.63) is 28.8 Å². The number of benzene rings is 1. The molecule has 0 saturated carbocycles. The maximum atomic E-state index is 9.14. The maximum Gasteiger partial charge on any atom is 0.0642 e. The van der Waals surface area contributed by atoms with Crippen molar-refractivity contribution >= 4 is 17.3 Å². The van der Waals surface area contributed by atoms with Crippen LogP contribution < -0.4 is 10.2 Å². The molecule has 0 aliphatic rings. The van der Waals surface area contributed by atoms with E-state index in [1.807, 2.05) is 38.1 Å². The van der Waals surface area contributed by atoms with Crippen molar-refractivity contribution < 1.29 is 5.11 Å². The molecule has 3 nitrogen and oxygen atoms in total. The molecule has 2 atom stereocenters. The predicted octanol–water partition coefficient (Wildman–Crippen LogP) is 2.44. The number of aliphatic hydroxyl groups is 1. The van der Waals surface area contributed by atoms with Gasteiger partial charge >= 0.3 is 0 Å². The molecule has 2 unspecified atom stereocenters. The Morgan fingerprint density at radius 1 is 1.41 bits per heavy atom. The highest BCUT2D eigenvalue weighted by Crippen LogP contribution is 2.29. The highest BCUT2D eigenvalue weighted by atomic mass is 35.5. The molecule has 0 aromatic heterocycles. The zero-order chi connectivity index (χ0) is 13.0. The summed E-state index contributed by atoms with van der Waals surface area (Å²) < 4.78 is 0. The number of rotatable bonds is 5. The Hall–Kier alpha value is -0.770. The van der Waals surface area contributed by atoms with Gasteiger partial charge in [-0.15, -0.1) is 0 Å². The molecule has 2 N–H and O–H groups in total. The van der Waals surface area contributed by atoms with Crippen LogP contribution in [0.5, 0.6) is 0 Å². The quantitative estimate of drug-likeness (QED) is 0.850. The summed E-state index contributed by atoms with van der Waals surface area (Å²) >= 11 is 6.28. The molecule has 0 amide bonds. The lowest BCUT2D eigenvalue weighted by Gasteiger charge is -2.27. The Labute approximate surface area is 108 Å². The van der Waals surface area contributed by atoms with E-state index in [-0.39, 0.29) is 18.7 Å². The average Bonchev–Trinajstić information content (AvgIpc) is 2.35. The summed E-state index contributed by atoms with van der Waals surface area (Å²) in [5, 5.41) is 13.0. The Morgan fingerprint density at radius 3 is 2.53 bits per heavy atom. The highest BCUT2D eigenvalue weighted by Gasteiger charge is 2.13. The van der Waals surface area contributed by atoms with Gasteiger partial charge in [-0.2, -0.15) is 0 Å². The van der Waals surface area contributed by atoms with Crippen LogP contribution in [-0.2, 0) is 0 Å². The van der Waals surface area contributed by atoms with Crippen LogP contribution in [0.4, 0.5) is 5.69 Å². The first-order valence-electron chi connectivity index (χ1n) is 5.81. The largest absolute Gasteiger partial charge is 0.394 e. The van der Waals surface area contributed by atoms with Crippen LogP contribution in [-0.4, -0.2) is 31.9 Å². The second-order valence-corrected chi connectivity index (χ2v) is 4.77. The van der Waals surface area contributed by atoms with Crippen molar-refractivity contribution in [2.75, 3.05) is 25.6 Å². The minimum Gasteiger partial charge on any atom is -0.394 e. The van der Waals surface area contributed by atoms with E-state index >= 15 is 0 Å². The van der Waals surface area contributed by atoms with E-state index in [4.69, 9.17) is 16.7 Å². The summed E-state index contributed by atoms with van der Waals surface area (Å²) in [6.07, 6.45) is 0. The second-order valence-electron chi connectivity index (χ2n) is 4.36. The molecule has 0 saturated heterocycles. The molecule has 0 aliphatic heterocycles. The summed E-state index contributed by atoms with van der Waals surface area (Å²) in [4.78, 5) is 1.98. The van der Waals surface area contributed by atoms with Gasteiger partial charge in [0.05, 0.1) is 17.3 Å². The molecule has 1 aromatic rings. The van der Waals surface area contributed by atoms with E-state index in [2.05, 4.69) is 18.3 Å². The van der Waals surface area contributed by atoms with Crippen molar-refractivity contribution in [3.8, 4) is 0 Å². The van der Waals surface area contributed by atoms with Crippen LogP contribution in [0.2, 0.25) is 5.02 Å². The Bertz CT molecular complexity index is 370. The lowest BCUT2D eigenvalue weighted by molar-refractivity contribution is 0.270. The molecular weight excluding hydrogens is 236 g/mol. The molecule has 0 radical (unpaired) electrons. The summed E-state index contributed by atoms with van der Waals surface area (Å²) in [5.41, 5.74) is 2.10. The van der Waals surface area contributed by atoms with E-state index in [9.17, 15) is 0 Å². The standard InChI is InChI=1S/C13H21ClN2O/c1-9(8-17)16(4)13-6-5-11(7-12(13)14)10(2)15-3/h5-7,9-10,15,17H,8H2,1-4H3. The molecular formula is C13H21ClN2O. The molecule has 4 heteroatoms. The monoisotopic (exact) mass is 256 g/mol. The van der Waals surface area contributed by atoms with Crippen LogP contribution in [0.3, 0.4) is 0 Å². The molecule has 0 aliphatic carbocycles. The second kappa shape index (κ2) is 6.24. The van der Waals surface area contributed by atoms with Crippen LogP contribution >= 0.6 is 11.6 Å². The van der Waals surface area contributed by atoms with Gasteiger partial charge in [0.15, 0.2) is 0 Å². The van der Waals surface area contributed by atoms with Crippen LogP contribution in [0.15, 0.2) is 18.2 Å². The van der Waals surface area contributed by atoms with Gasteiger partial charge in [-0.1, -0.05) is 17.7 Å². The minimum atomic E-state index is 0.0556. The summed E-state index contributed by atoms with van der Waals surface area (Å²) in [6, 6.07) is 6.36. The number of nitrogens with one attached hydrogen (secondary N) is 1. The zero-order valence-corrected chi connectivity index (χ0v) is 11.6. The van der Waals surface area contributed by atoms with Gasteiger partial charge in [-0.05, 0) is 38.6 Å². The molecule has 1 aromatic carbocycles. The number of nitrogens with zero attached hydrogens (tertiary/aromatic N) is 1. The maximum absolute atomic E-state index is 9.14. The number of anilines is 1. The fraction of sp³-hybridized carbons (Fsp3) is 0.538. The van der Waals surface area contributed by atoms with Gasteiger partial charge < -0.3 is 15.3 Å². The van der Waals surface area contributed by atoms with Gasteiger partial charge in [-0.25, -0.2) is 0 Å². The van der Waals surface area contributed by atoms with Crippen LogP contribution in [0, 0.1) is 0 Å². The third-order valence-electron chi connectivity index (χ3n) is 3.21. The molecule has 0 bridgehead atoms. The number of aliphatic hydroxyl groups excluding tert-OH is 1. The van der Waals surface area contributed by atoms with E-state index in [0.29, 0.717) is 5.02 Å². The van der Waals surface area contributed by atoms with Crippen molar-refractivity contribution in [1.29, 1.82) is 0 Å². The van der Waals surface area contributed by atoms with Crippen molar-refractivity contribution in [1.82, 2.24) is 5.32 Å². The topological polar surface area (TPSA) is 35.5 Å². The fourth-order valence-corrected chi connectivity index (χ4v) is 1.93. The highest BCUT2D eigenvalue weighted by molar-refractivity contribution is 6.33. The molecule has 0 heterocycles. The number of hydrogen-bond acceptors (Lipinski definition) is 3.